The van der Waals surface area contributed by atoms with E-state index in [1.165, 1.54) is 0 Å². The van der Waals surface area contributed by atoms with Crippen LogP contribution in [0.4, 0.5) is 0 Å². The Kier molecular flexibility index (Phi) is 5.16. The highest BCUT2D eigenvalue weighted by molar-refractivity contribution is 6.30. The Morgan fingerprint density at radius 2 is 2.00 bits per heavy atom. The number of carbonyl (C=O) groups is 1. The molecule has 0 bridgehead atoms. The Bertz CT molecular complexity index is 675. The van der Waals surface area contributed by atoms with Crippen molar-refractivity contribution < 1.29 is 14.3 Å². The summed E-state index contributed by atoms with van der Waals surface area (Å²) in [7, 11) is 0. The van der Waals surface area contributed by atoms with Crippen molar-refractivity contribution in [2.75, 3.05) is 19.7 Å². The summed E-state index contributed by atoms with van der Waals surface area (Å²) < 4.78 is 11.5. The lowest BCUT2D eigenvalue weighted by molar-refractivity contribution is 0.0890. The zero-order valence-electron chi connectivity index (χ0n) is 12.6. The molecule has 1 aliphatic rings. The molecule has 0 saturated heterocycles. The molecule has 0 spiro atoms. The first-order chi connectivity index (χ1) is 11.2. The van der Waals surface area contributed by atoms with Gasteiger partial charge in [0.1, 0.15) is 12.7 Å². The fourth-order valence-corrected chi connectivity index (χ4v) is 2.59. The number of halogens is 1. The highest BCUT2D eigenvalue weighted by Gasteiger charge is 2.20. The molecule has 3 rings (SSSR count). The summed E-state index contributed by atoms with van der Waals surface area (Å²) in [5.74, 6) is 1.51. The Morgan fingerprint density at radius 1 is 1.17 bits per heavy atom. The smallest absolute Gasteiger partial charge is 0.164 e. The van der Waals surface area contributed by atoms with Crippen LogP contribution in [0.15, 0.2) is 48.5 Å². The van der Waals surface area contributed by atoms with Crippen molar-refractivity contribution in [3.05, 3.63) is 59.1 Å². The second-order valence-electron chi connectivity index (χ2n) is 5.39. The first-order valence-corrected chi connectivity index (χ1v) is 7.98. The molecule has 2 aromatic rings. The number of ketones is 1. The third-order valence-electron chi connectivity index (χ3n) is 3.62. The SMILES string of the molecule is O=C(CCNCC1COc2ccc(Cl)cc2O1)c1ccccc1. The van der Waals surface area contributed by atoms with Crippen LogP contribution in [0, 0.1) is 0 Å². The van der Waals surface area contributed by atoms with E-state index in [2.05, 4.69) is 5.32 Å². The van der Waals surface area contributed by atoms with E-state index in [0.717, 1.165) is 5.56 Å². The van der Waals surface area contributed by atoms with Gasteiger partial charge in [0.05, 0.1) is 0 Å². The monoisotopic (exact) mass is 331 g/mol. The summed E-state index contributed by atoms with van der Waals surface area (Å²) >= 11 is 5.96. The van der Waals surface area contributed by atoms with Crippen LogP contribution in [0.3, 0.4) is 0 Å². The molecule has 1 aliphatic heterocycles. The van der Waals surface area contributed by atoms with E-state index in [9.17, 15) is 4.79 Å². The number of benzene rings is 2. The minimum atomic E-state index is -0.0900. The van der Waals surface area contributed by atoms with E-state index < -0.39 is 0 Å². The van der Waals surface area contributed by atoms with Gasteiger partial charge >= 0.3 is 0 Å². The van der Waals surface area contributed by atoms with Gasteiger partial charge in [-0.05, 0) is 12.1 Å². The minimum Gasteiger partial charge on any atom is -0.486 e. The number of hydrogen-bond donors (Lipinski definition) is 1. The van der Waals surface area contributed by atoms with E-state index in [4.69, 9.17) is 21.1 Å². The summed E-state index contributed by atoms with van der Waals surface area (Å²) in [6.07, 6.45) is 0.368. The van der Waals surface area contributed by atoms with Crippen LogP contribution in [0.5, 0.6) is 11.5 Å². The maximum Gasteiger partial charge on any atom is 0.164 e. The highest BCUT2D eigenvalue weighted by Crippen LogP contribution is 2.33. The lowest BCUT2D eigenvalue weighted by Crippen LogP contribution is -2.39. The quantitative estimate of drug-likeness (QED) is 0.651. The van der Waals surface area contributed by atoms with Gasteiger partial charge in [-0.25, -0.2) is 0 Å². The van der Waals surface area contributed by atoms with Crippen LogP contribution in [0.1, 0.15) is 16.8 Å². The van der Waals surface area contributed by atoms with Gasteiger partial charge in [0.25, 0.3) is 0 Å². The largest absolute Gasteiger partial charge is 0.486 e. The first kappa shape index (κ1) is 15.8. The summed E-state index contributed by atoms with van der Waals surface area (Å²) in [4.78, 5) is 12.0. The predicted molar refractivity (Wildman–Crippen MR) is 89.6 cm³/mol. The molecule has 0 amide bonds. The van der Waals surface area contributed by atoms with Gasteiger partial charge < -0.3 is 14.8 Å². The van der Waals surface area contributed by atoms with Gasteiger partial charge in [0.15, 0.2) is 17.3 Å². The Labute approximate surface area is 140 Å². The summed E-state index contributed by atoms with van der Waals surface area (Å²) in [5, 5.41) is 3.86. The average molecular weight is 332 g/mol. The highest BCUT2D eigenvalue weighted by atomic mass is 35.5. The molecule has 0 radical (unpaired) electrons. The zero-order chi connectivity index (χ0) is 16.1. The molecule has 1 N–H and O–H groups in total. The molecule has 1 atom stereocenters. The maximum absolute atomic E-state index is 12.0. The summed E-state index contributed by atoms with van der Waals surface area (Å²) in [5.41, 5.74) is 0.745. The second-order valence-corrected chi connectivity index (χ2v) is 5.82. The van der Waals surface area contributed by atoms with Crippen molar-refractivity contribution in [3.8, 4) is 11.5 Å². The van der Waals surface area contributed by atoms with Crippen LogP contribution in [0.25, 0.3) is 0 Å². The zero-order valence-corrected chi connectivity index (χ0v) is 13.4. The molecule has 23 heavy (non-hydrogen) atoms. The van der Waals surface area contributed by atoms with Crippen LogP contribution >= 0.6 is 11.6 Å². The number of nitrogens with one attached hydrogen (secondary N) is 1. The molecule has 0 aromatic heterocycles. The number of rotatable bonds is 6. The van der Waals surface area contributed by atoms with Crippen molar-refractivity contribution in [1.29, 1.82) is 0 Å². The van der Waals surface area contributed by atoms with E-state index in [0.29, 0.717) is 42.6 Å². The predicted octanol–water partition coefficient (Wildman–Crippen LogP) is 3.34. The van der Waals surface area contributed by atoms with Gasteiger partial charge in [-0.1, -0.05) is 41.9 Å². The first-order valence-electron chi connectivity index (χ1n) is 7.60. The molecular weight excluding hydrogens is 314 g/mol. The molecule has 2 aromatic carbocycles. The molecule has 0 fully saturated rings. The van der Waals surface area contributed by atoms with E-state index in [1.54, 1.807) is 18.2 Å². The number of carbonyl (C=O) groups excluding carboxylic acids is 1. The number of ether oxygens (including phenoxy) is 2. The Hall–Kier alpha value is -2.04. The van der Waals surface area contributed by atoms with Crippen molar-refractivity contribution in [2.24, 2.45) is 0 Å². The Morgan fingerprint density at radius 3 is 2.83 bits per heavy atom. The fraction of sp³-hybridized carbons (Fsp3) is 0.278. The van der Waals surface area contributed by atoms with Gasteiger partial charge in [0, 0.05) is 36.2 Å². The molecule has 1 unspecified atom stereocenters. The standard InChI is InChI=1S/C18H18ClNO3/c19-14-6-7-17-18(10-14)23-15(12-22-17)11-20-9-8-16(21)13-4-2-1-3-5-13/h1-7,10,15,20H,8-9,11-12H2. The van der Waals surface area contributed by atoms with E-state index in [1.807, 2.05) is 30.3 Å². The second kappa shape index (κ2) is 7.49. The van der Waals surface area contributed by atoms with Gasteiger partial charge in [-0.15, -0.1) is 0 Å². The molecule has 0 saturated carbocycles. The molecular formula is C18H18ClNO3. The topological polar surface area (TPSA) is 47.6 Å². The molecule has 5 heteroatoms. The van der Waals surface area contributed by atoms with Crippen LogP contribution in [-0.2, 0) is 0 Å². The molecule has 1 heterocycles. The van der Waals surface area contributed by atoms with Gasteiger partial charge in [-0.2, -0.15) is 0 Å². The maximum atomic E-state index is 12.0. The van der Waals surface area contributed by atoms with E-state index in [-0.39, 0.29) is 11.9 Å². The van der Waals surface area contributed by atoms with Crippen molar-refractivity contribution in [3.63, 3.8) is 0 Å². The lowest BCUT2D eigenvalue weighted by Gasteiger charge is -2.26. The minimum absolute atomic E-state index is 0.0900. The van der Waals surface area contributed by atoms with Crippen LogP contribution in [-0.4, -0.2) is 31.6 Å². The van der Waals surface area contributed by atoms with E-state index >= 15 is 0 Å². The average Bonchev–Trinajstić information content (AvgIpc) is 2.59. The van der Waals surface area contributed by atoms with Crippen LogP contribution < -0.4 is 14.8 Å². The Balaban J connectivity index is 1.42. The lowest BCUT2D eigenvalue weighted by atomic mass is 10.1. The summed E-state index contributed by atoms with van der Waals surface area (Å²) in [6.45, 7) is 1.71. The van der Waals surface area contributed by atoms with Crippen molar-refractivity contribution in [1.82, 2.24) is 5.32 Å². The third kappa shape index (κ3) is 4.24. The van der Waals surface area contributed by atoms with Crippen molar-refractivity contribution in [2.45, 2.75) is 12.5 Å². The number of hydrogen-bond acceptors (Lipinski definition) is 4. The molecule has 4 nitrogen and oxygen atoms in total. The van der Waals surface area contributed by atoms with Crippen molar-refractivity contribution >= 4 is 17.4 Å². The van der Waals surface area contributed by atoms with Gasteiger partial charge in [0.2, 0.25) is 0 Å². The van der Waals surface area contributed by atoms with Crippen LogP contribution in [0.2, 0.25) is 5.02 Å². The molecule has 120 valence electrons. The number of fused-ring (bicyclic) bond motifs is 1. The van der Waals surface area contributed by atoms with Gasteiger partial charge in [-0.3, -0.25) is 4.79 Å². The third-order valence-corrected chi connectivity index (χ3v) is 3.86. The number of Topliss-reactive ketones (excluding diaryl/α,β-unsaturated/α-hetero) is 1. The molecule has 0 aliphatic carbocycles. The summed E-state index contributed by atoms with van der Waals surface area (Å²) in [6, 6.07) is 14.6. The fourth-order valence-electron chi connectivity index (χ4n) is 2.42. The normalized spacial score (nSPS) is 16.1.